The lowest BCUT2D eigenvalue weighted by Crippen LogP contribution is -2.41. The molecule has 0 aliphatic carbocycles. The van der Waals surface area contributed by atoms with Gasteiger partial charge in [0, 0.05) is 45.5 Å². The van der Waals surface area contributed by atoms with Crippen molar-refractivity contribution >= 4 is 22.6 Å². The lowest BCUT2D eigenvalue weighted by molar-refractivity contribution is 0.0363. The van der Waals surface area contributed by atoms with Crippen LogP contribution in [0.4, 0.5) is 0 Å². The van der Waals surface area contributed by atoms with E-state index in [4.69, 9.17) is 19.9 Å². The maximum absolute atomic E-state index is 13.4. The molecule has 1 atom stereocenters. The number of morpholine rings is 1. The van der Waals surface area contributed by atoms with Gasteiger partial charge in [0.15, 0.2) is 0 Å². The molecule has 2 aliphatic rings. The number of pyridine rings is 2. The molecule has 0 radical (unpaired) electrons. The van der Waals surface area contributed by atoms with E-state index in [1.165, 1.54) is 10.5 Å². The van der Waals surface area contributed by atoms with Gasteiger partial charge < -0.3 is 19.4 Å². The van der Waals surface area contributed by atoms with Crippen molar-refractivity contribution in [2.45, 2.75) is 32.4 Å². The van der Waals surface area contributed by atoms with Crippen molar-refractivity contribution in [3.05, 3.63) is 51.4 Å². The highest BCUT2D eigenvalue weighted by Gasteiger charge is 2.21. The van der Waals surface area contributed by atoms with Crippen LogP contribution in [0.2, 0.25) is 0 Å². The number of carbonyl (C=O) groups excluding carboxylic acids is 1. The number of aromatic nitrogens is 3. The molecule has 0 saturated carbocycles. The van der Waals surface area contributed by atoms with Crippen LogP contribution in [-0.2, 0) is 16.0 Å². The monoisotopic (exact) mass is 466 g/mol. The molecule has 5 heterocycles. The predicted molar refractivity (Wildman–Crippen MR) is 126 cm³/mol. The Hall–Kier alpha value is -3.08. The molecule has 0 bridgehead atoms. The summed E-state index contributed by atoms with van der Waals surface area (Å²) in [6.07, 6.45) is 3.56. The van der Waals surface area contributed by atoms with Gasteiger partial charge in [-0.2, -0.15) is 0 Å². The average molecular weight is 467 g/mol. The number of fused-ring (bicyclic) bond motifs is 2. The Morgan fingerprint density at radius 1 is 1.24 bits per heavy atom. The van der Waals surface area contributed by atoms with E-state index in [-0.39, 0.29) is 28.6 Å². The number of carbonyl (C=O) groups is 1. The third-order valence-corrected chi connectivity index (χ3v) is 6.64. The van der Waals surface area contributed by atoms with Crippen LogP contribution in [0.5, 0.6) is 0 Å². The molecule has 10 nitrogen and oxygen atoms in total. The zero-order valence-corrected chi connectivity index (χ0v) is 19.4. The maximum Gasteiger partial charge on any atom is 0.267 e. The number of nitrogens with zero attached hydrogens (tertiary/aromatic N) is 4. The summed E-state index contributed by atoms with van der Waals surface area (Å²) in [6, 6.07) is 5.22. The van der Waals surface area contributed by atoms with Crippen LogP contribution in [0.3, 0.4) is 0 Å². The van der Waals surface area contributed by atoms with E-state index >= 15 is 0 Å². The van der Waals surface area contributed by atoms with Crippen molar-refractivity contribution in [1.29, 1.82) is 5.41 Å². The summed E-state index contributed by atoms with van der Waals surface area (Å²) >= 11 is 0. The van der Waals surface area contributed by atoms with Crippen LogP contribution in [-0.4, -0.2) is 76.9 Å². The average Bonchev–Trinajstić information content (AvgIpc) is 3.37. The molecule has 0 spiro atoms. The van der Waals surface area contributed by atoms with Crippen molar-refractivity contribution in [2.75, 3.05) is 46.0 Å². The van der Waals surface area contributed by atoms with E-state index in [0.29, 0.717) is 56.1 Å². The molecule has 180 valence electrons. The fourth-order valence-electron chi connectivity index (χ4n) is 4.66. The van der Waals surface area contributed by atoms with Gasteiger partial charge >= 0.3 is 0 Å². The topological polar surface area (TPSA) is 114 Å². The minimum absolute atomic E-state index is 0.00811. The van der Waals surface area contributed by atoms with Gasteiger partial charge in [0.05, 0.1) is 30.3 Å². The Labute approximate surface area is 196 Å². The highest BCUT2D eigenvalue weighted by atomic mass is 16.5. The largest absolute Gasteiger partial charge is 0.379 e. The molecular formula is C24H30N6O4. The first kappa shape index (κ1) is 22.7. The first-order valence-electron chi connectivity index (χ1n) is 11.8. The minimum Gasteiger partial charge on any atom is -0.379 e. The van der Waals surface area contributed by atoms with E-state index in [2.05, 4.69) is 10.2 Å². The molecule has 3 aromatic rings. The first-order valence-corrected chi connectivity index (χ1v) is 11.8. The Balaban J connectivity index is 1.58. The summed E-state index contributed by atoms with van der Waals surface area (Å²) < 4.78 is 14.2. The fourth-order valence-corrected chi connectivity index (χ4v) is 4.66. The van der Waals surface area contributed by atoms with Gasteiger partial charge in [0.2, 0.25) is 0 Å². The van der Waals surface area contributed by atoms with Gasteiger partial charge in [-0.25, -0.2) is 4.98 Å². The van der Waals surface area contributed by atoms with E-state index in [1.54, 1.807) is 16.8 Å². The number of hydrogen-bond acceptors (Lipinski definition) is 7. The molecule has 10 heteroatoms. The molecule has 0 unspecified atom stereocenters. The van der Waals surface area contributed by atoms with E-state index in [9.17, 15) is 9.59 Å². The fraction of sp³-hybridized carbons (Fsp3) is 0.500. The molecule has 0 aromatic carbocycles. The predicted octanol–water partition coefficient (Wildman–Crippen LogP) is 0.678. The molecule has 2 fully saturated rings. The lowest BCUT2D eigenvalue weighted by Gasteiger charge is -2.27. The molecule has 2 N–H and O–H groups in total. The quantitative estimate of drug-likeness (QED) is 0.517. The van der Waals surface area contributed by atoms with Crippen molar-refractivity contribution in [3.63, 3.8) is 0 Å². The molecule has 1 amide bonds. The van der Waals surface area contributed by atoms with Gasteiger partial charge in [0.1, 0.15) is 16.8 Å². The van der Waals surface area contributed by atoms with Crippen LogP contribution in [0.15, 0.2) is 29.2 Å². The van der Waals surface area contributed by atoms with Gasteiger partial charge in [-0.1, -0.05) is 6.07 Å². The van der Waals surface area contributed by atoms with Gasteiger partial charge in [0.25, 0.3) is 11.5 Å². The first-order chi connectivity index (χ1) is 16.5. The minimum atomic E-state index is -0.378. The van der Waals surface area contributed by atoms with Gasteiger partial charge in [-0.15, -0.1) is 0 Å². The van der Waals surface area contributed by atoms with Crippen molar-refractivity contribution < 1.29 is 14.3 Å². The van der Waals surface area contributed by atoms with Crippen LogP contribution in [0.1, 0.15) is 28.8 Å². The summed E-state index contributed by atoms with van der Waals surface area (Å²) in [5.74, 6) is -0.378. The second-order valence-electron chi connectivity index (χ2n) is 8.90. The Bertz CT molecular complexity index is 1340. The Morgan fingerprint density at radius 2 is 2.06 bits per heavy atom. The third-order valence-electron chi connectivity index (χ3n) is 6.64. The normalized spacial score (nSPS) is 19.1. The number of rotatable bonds is 6. The summed E-state index contributed by atoms with van der Waals surface area (Å²) in [5.41, 5.74) is 1.81. The Kier molecular flexibility index (Phi) is 6.44. The zero-order chi connectivity index (χ0) is 23.7. The second kappa shape index (κ2) is 9.65. The second-order valence-corrected chi connectivity index (χ2v) is 8.90. The highest BCUT2D eigenvalue weighted by molar-refractivity contribution is 5.96. The molecule has 3 aromatic heterocycles. The number of hydrogen-bond donors (Lipinski definition) is 2. The maximum atomic E-state index is 13.4. The number of ether oxygens (including phenoxy) is 2. The molecule has 5 rings (SSSR count). The highest BCUT2D eigenvalue weighted by Crippen LogP contribution is 2.14. The summed E-state index contributed by atoms with van der Waals surface area (Å²) in [6.45, 7) is 7.08. The van der Waals surface area contributed by atoms with Gasteiger partial charge in [-0.3, -0.25) is 24.3 Å². The third kappa shape index (κ3) is 4.36. The van der Waals surface area contributed by atoms with E-state index in [0.717, 1.165) is 31.5 Å². The summed E-state index contributed by atoms with van der Waals surface area (Å²) in [7, 11) is 0. The van der Waals surface area contributed by atoms with Crippen LogP contribution < -0.4 is 16.4 Å². The standard InChI is InChI=1S/C24H30N6O4/c1-16-4-2-6-30-21(16)27-22-19(24(30)32)14-18(23(31)26-15-17-5-3-11-34-17)20(25)29(22)8-7-28-9-12-33-13-10-28/h2,4,6,14,17,25H,3,5,7-13,15H2,1H3,(H,26,31)/t17-/m1/s1. The van der Waals surface area contributed by atoms with Crippen molar-refractivity contribution in [1.82, 2.24) is 24.2 Å². The molecule has 2 aliphatic heterocycles. The number of amides is 1. The summed E-state index contributed by atoms with van der Waals surface area (Å²) in [4.78, 5) is 33.6. The van der Waals surface area contributed by atoms with Crippen molar-refractivity contribution in [3.8, 4) is 0 Å². The Morgan fingerprint density at radius 3 is 2.82 bits per heavy atom. The van der Waals surface area contributed by atoms with E-state index in [1.807, 2.05) is 13.0 Å². The summed E-state index contributed by atoms with van der Waals surface area (Å²) in [5, 5.41) is 12.1. The molecule has 2 saturated heterocycles. The molecule has 34 heavy (non-hydrogen) atoms. The van der Waals surface area contributed by atoms with Crippen molar-refractivity contribution in [2.24, 2.45) is 0 Å². The van der Waals surface area contributed by atoms with E-state index < -0.39 is 0 Å². The lowest BCUT2D eigenvalue weighted by atomic mass is 10.1. The zero-order valence-electron chi connectivity index (χ0n) is 19.4. The van der Waals surface area contributed by atoms with Crippen LogP contribution in [0, 0.1) is 12.3 Å². The molecular weight excluding hydrogens is 436 g/mol. The number of nitrogens with one attached hydrogen (secondary N) is 2. The number of aryl methyl sites for hydroxylation is 1. The van der Waals surface area contributed by atoms with Crippen LogP contribution in [0.25, 0.3) is 16.7 Å². The smallest absolute Gasteiger partial charge is 0.267 e. The van der Waals surface area contributed by atoms with Crippen LogP contribution >= 0.6 is 0 Å². The SMILES string of the molecule is Cc1cccn2c(=O)c3cc(C(=O)NC[C@H]4CCCO4)c(=N)n(CCN4CCOCC4)c3nc12. The van der Waals surface area contributed by atoms with Gasteiger partial charge in [-0.05, 0) is 37.5 Å².